The van der Waals surface area contributed by atoms with Crippen LogP contribution in [0.5, 0.6) is 11.8 Å². The number of pyridine rings is 1. The maximum absolute atomic E-state index is 17.0. The monoisotopic (exact) mass is 677 g/mol. The number of hydrogen-bond acceptors (Lipinski definition) is 11. The first-order valence-electron chi connectivity index (χ1n) is 16.5. The summed E-state index contributed by atoms with van der Waals surface area (Å²) in [5.74, 6) is 0.378. The fourth-order valence-electron chi connectivity index (χ4n) is 6.75. The first-order valence-corrected chi connectivity index (χ1v) is 16.5. The maximum Gasteiger partial charge on any atom is 0.410 e. The van der Waals surface area contributed by atoms with Crippen LogP contribution in [0.2, 0.25) is 0 Å². The Bertz CT molecular complexity index is 1820. The number of carbonyl (C=O) groups excluding carboxylic acids is 1. The number of aryl methyl sites for hydroxylation is 1. The minimum Gasteiger partial charge on any atom is -0.468 e. The van der Waals surface area contributed by atoms with Crippen molar-refractivity contribution >= 4 is 33.6 Å². The first kappa shape index (κ1) is 34.5. The van der Waals surface area contributed by atoms with Gasteiger partial charge in [0.25, 0.3) is 0 Å². The quantitative estimate of drug-likeness (QED) is 0.171. The molecule has 2 aromatic heterocycles. The molecule has 6 rings (SSSR count). The molecule has 2 bridgehead atoms. The maximum atomic E-state index is 17.0. The molecule has 2 atom stereocenters. The van der Waals surface area contributed by atoms with Crippen LogP contribution in [0.25, 0.3) is 32.9 Å². The lowest BCUT2D eigenvalue weighted by molar-refractivity contribution is -0.123. The molecule has 4 heterocycles. The highest BCUT2D eigenvalue weighted by Crippen LogP contribution is 2.40. The van der Waals surface area contributed by atoms with Gasteiger partial charge in [-0.25, -0.2) is 9.18 Å². The van der Waals surface area contributed by atoms with E-state index in [4.69, 9.17) is 38.4 Å². The zero-order chi connectivity index (χ0) is 34.9. The molecule has 13 heteroatoms. The van der Waals surface area contributed by atoms with E-state index in [0.717, 1.165) is 35.6 Å². The zero-order valence-corrected chi connectivity index (χ0v) is 29.1. The van der Waals surface area contributed by atoms with Gasteiger partial charge in [-0.2, -0.15) is 9.97 Å². The third-order valence-electron chi connectivity index (χ3n) is 8.92. The molecule has 0 radical (unpaired) electrons. The molecule has 2 aliphatic heterocycles. The van der Waals surface area contributed by atoms with Gasteiger partial charge in [0.1, 0.15) is 35.0 Å². The predicted molar refractivity (Wildman–Crippen MR) is 183 cm³/mol. The second kappa shape index (κ2) is 14.3. The number of fused-ring (bicyclic) bond motifs is 4. The summed E-state index contributed by atoms with van der Waals surface area (Å²) in [4.78, 5) is 31.1. The van der Waals surface area contributed by atoms with Gasteiger partial charge in [0.2, 0.25) is 0 Å². The minimum atomic E-state index is -0.678. The van der Waals surface area contributed by atoms with Crippen molar-refractivity contribution in [1.29, 1.82) is 0 Å². The van der Waals surface area contributed by atoms with E-state index in [9.17, 15) is 4.79 Å². The van der Waals surface area contributed by atoms with Crippen molar-refractivity contribution in [1.82, 2.24) is 19.9 Å². The number of anilines is 1. The van der Waals surface area contributed by atoms with Gasteiger partial charge in [0.15, 0.2) is 18.9 Å². The summed E-state index contributed by atoms with van der Waals surface area (Å²) in [5.41, 5.74) is 1.20. The van der Waals surface area contributed by atoms with E-state index in [-0.39, 0.29) is 48.8 Å². The largest absolute Gasteiger partial charge is 0.468 e. The number of halogens is 1. The Morgan fingerprint density at radius 3 is 2.43 bits per heavy atom. The molecule has 2 aliphatic rings. The summed E-state index contributed by atoms with van der Waals surface area (Å²) in [6.07, 6.45) is 2.99. The molecular weight excluding hydrogens is 633 g/mol. The molecule has 4 aromatic rings. The van der Waals surface area contributed by atoms with Crippen molar-refractivity contribution in [2.75, 3.05) is 52.7 Å². The molecule has 262 valence electrons. The van der Waals surface area contributed by atoms with Crippen molar-refractivity contribution in [3.8, 4) is 23.0 Å². The topological polar surface area (TPSA) is 118 Å². The van der Waals surface area contributed by atoms with Crippen LogP contribution in [0, 0.1) is 5.82 Å². The van der Waals surface area contributed by atoms with Gasteiger partial charge in [-0.3, -0.25) is 9.88 Å². The molecule has 12 nitrogen and oxygen atoms in total. The Hall–Kier alpha value is -4.33. The molecule has 49 heavy (non-hydrogen) atoms. The van der Waals surface area contributed by atoms with Crippen LogP contribution in [0.1, 0.15) is 46.1 Å². The van der Waals surface area contributed by atoms with E-state index >= 15 is 4.39 Å². The Balaban J connectivity index is 1.46. The lowest BCUT2D eigenvalue weighted by Gasteiger charge is -2.42. The van der Waals surface area contributed by atoms with Crippen LogP contribution in [0.3, 0.4) is 0 Å². The number of rotatable bonds is 11. The summed E-state index contributed by atoms with van der Waals surface area (Å²) < 4.78 is 50.3. The molecule has 2 unspecified atom stereocenters. The van der Waals surface area contributed by atoms with Crippen molar-refractivity contribution in [3.05, 3.63) is 47.9 Å². The zero-order valence-electron chi connectivity index (χ0n) is 29.1. The van der Waals surface area contributed by atoms with Gasteiger partial charge < -0.3 is 33.3 Å². The number of ether oxygens (including phenoxy) is 6. The number of hydrogen-bond donors (Lipinski definition) is 0. The van der Waals surface area contributed by atoms with Crippen molar-refractivity contribution in [2.24, 2.45) is 0 Å². The summed E-state index contributed by atoms with van der Waals surface area (Å²) in [5, 5.41) is 2.20. The number of nitrogens with zero attached hydrogens (tertiary/aromatic N) is 5. The van der Waals surface area contributed by atoms with E-state index in [0.29, 0.717) is 35.6 Å². The standard InChI is InChI=1S/C36H44FN5O7/c1-8-21-10-9-11-22-14-25(48-20-44-5)15-26(29(21)22)31-30(37)32-27(16-38-31)33(40-34(39-32)47-19-28(45-6)46-7)41-17-23-12-13-24(18-41)42(23)35(43)49-36(2,3)4/h9-11,14-16,23-24,28H,8,12-13,17-20H2,1-7H3. The van der Waals surface area contributed by atoms with E-state index in [1.54, 1.807) is 19.4 Å². The molecule has 0 N–H and O–H groups in total. The average Bonchev–Trinajstić information content (AvgIpc) is 3.35. The van der Waals surface area contributed by atoms with Crippen molar-refractivity contribution < 1.29 is 37.6 Å². The highest BCUT2D eigenvalue weighted by atomic mass is 19.1. The third-order valence-corrected chi connectivity index (χ3v) is 8.92. The Labute approximate surface area is 285 Å². The van der Waals surface area contributed by atoms with Gasteiger partial charge >= 0.3 is 12.1 Å². The summed E-state index contributed by atoms with van der Waals surface area (Å²) >= 11 is 0. The Morgan fingerprint density at radius 2 is 1.78 bits per heavy atom. The number of methoxy groups -OCH3 is 3. The van der Waals surface area contributed by atoms with Crippen LogP contribution in [-0.4, -0.2) is 97.7 Å². The van der Waals surface area contributed by atoms with E-state index in [1.165, 1.54) is 14.2 Å². The van der Waals surface area contributed by atoms with Crippen LogP contribution >= 0.6 is 0 Å². The Morgan fingerprint density at radius 1 is 1.04 bits per heavy atom. The highest BCUT2D eigenvalue weighted by molar-refractivity contribution is 6.01. The lowest BCUT2D eigenvalue weighted by atomic mass is 9.95. The lowest BCUT2D eigenvalue weighted by Crippen LogP contribution is -2.57. The van der Waals surface area contributed by atoms with Crippen molar-refractivity contribution in [3.63, 3.8) is 0 Å². The second-order valence-electron chi connectivity index (χ2n) is 13.3. The van der Waals surface area contributed by atoms with Crippen molar-refractivity contribution in [2.45, 2.75) is 70.9 Å². The highest BCUT2D eigenvalue weighted by Gasteiger charge is 2.45. The van der Waals surface area contributed by atoms with Crippen LogP contribution in [0.4, 0.5) is 15.0 Å². The first-order chi connectivity index (χ1) is 23.5. The number of benzene rings is 2. The molecule has 2 fully saturated rings. The smallest absolute Gasteiger partial charge is 0.410 e. The summed E-state index contributed by atoms with van der Waals surface area (Å²) in [6, 6.07) is 9.44. The summed E-state index contributed by atoms with van der Waals surface area (Å²) in [7, 11) is 4.55. The molecule has 1 amide bonds. The van der Waals surface area contributed by atoms with Gasteiger partial charge in [-0.05, 0) is 68.5 Å². The Kier molecular flexibility index (Phi) is 10.0. The van der Waals surface area contributed by atoms with Crippen LogP contribution in [0.15, 0.2) is 36.5 Å². The number of piperazine rings is 1. The van der Waals surface area contributed by atoms with E-state index < -0.39 is 17.7 Å². The third kappa shape index (κ3) is 7.06. The van der Waals surface area contributed by atoms with Gasteiger partial charge in [-0.1, -0.05) is 25.1 Å². The van der Waals surface area contributed by atoms with Crippen LogP contribution in [-0.2, 0) is 25.4 Å². The molecular formula is C36H44FN5O7. The molecule has 2 saturated heterocycles. The second-order valence-corrected chi connectivity index (χ2v) is 13.3. The number of aromatic nitrogens is 3. The van der Waals surface area contributed by atoms with E-state index in [1.807, 2.05) is 49.9 Å². The summed E-state index contributed by atoms with van der Waals surface area (Å²) in [6.45, 7) is 8.62. The molecule has 0 spiro atoms. The normalized spacial score (nSPS) is 17.7. The fraction of sp³-hybridized carbons (Fsp3) is 0.500. The van der Waals surface area contributed by atoms with Gasteiger partial charge in [0.05, 0.1) is 17.5 Å². The number of amides is 1. The van der Waals surface area contributed by atoms with Crippen LogP contribution < -0.4 is 14.4 Å². The minimum absolute atomic E-state index is 0.0153. The van der Waals surface area contributed by atoms with Gasteiger partial charge in [0, 0.05) is 46.2 Å². The molecule has 0 saturated carbocycles. The molecule has 2 aromatic carbocycles. The fourth-order valence-corrected chi connectivity index (χ4v) is 6.75. The predicted octanol–water partition coefficient (Wildman–Crippen LogP) is 6.12. The SMILES string of the molecule is CCc1cccc2cc(OCOC)cc(-c3ncc4c(N5CC6CCC(C5)N6C(=O)OC(C)(C)C)nc(OCC(OC)OC)nc4c3F)c12. The van der Waals surface area contributed by atoms with Gasteiger partial charge in [-0.15, -0.1) is 0 Å². The number of carbonyl (C=O) groups is 1. The molecule has 0 aliphatic carbocycles. The average molecular weight is 678 g/mol. The van der Waals surface area contributed by atoms with E-state index in [2.05, 4.69) is 16.8 Å².